The molecule has 118 valence electrons. The summed E-state index contributed by atoms with van der Waals surface area (Å²) in [6.45, 7) is 8.07. The minimum absolute atomic E-state index is 0.422. The van der Waals surface area contributed by atoms with Crippen molar-refractivity contribution in [1.29, 1.82) is 0 Å². The van der Waals surface area contributed by atoms with Crippen LogP contribution in [-0.2, 0) is 4.74 Å². The van der Waals surface area contributed by atoms with Crippen molar-refractivity contribution < 1.29 is 9.84 Å². The van der Waals surface area contributed by atoms with E-state index in [1.165, 1.54) is 32.1 Å². The number of hydrogen-bond donors (Lipinski definition) is 1. The van der Waals surface area contributed by atoms with Gasteiger partial charge in [-0.05, 0) is 30.4 Å². The third kappa shape index (κ3) is 8.56. The number of unbranched alkanes of at least 4 members (excludes halogenated alkanes) is 4. The van der Waals surface area contributed by atoms with Crippen molar-refractivity contribution in [3.8, 4) is 5.75 Å². The molecule has 1 aliphatic rings. The third-order valence-corrected chi connectivity index (χ3v) is 3.69. The lowest BCUT2D eigenvalue weighted by molar-refractivity contribution is 0.453. The van der Waals surface area contributed by atoms with Crippen LogP contribution >= 0.6 is 0 Å². The molecular weight excluding hydrogens is 260 g/mol. The minimum atomic E-state index is 0.422. The zero-order valence-electron chi connectivity index (χ0n) is 13.4. The van der Waals surface area contributed by atoms with Crippen molar-refractivity contribution in [2.75, 3.05) is 13.2 Å². The van der Waals surface area contributed by atoms with Crippen LogP contribution in [0.1, 0.15) is 63.4 Å². The molecule has 2 rings (SSSR count). The normalized spacial score (nSPS) is 14.0. The maximum atomic E-state index is 9.91. The van der Waals surface area contributed by atoms with Crippen LogP contribution in [-0.4, -0.2) is 18.3 Å². The number of hydrogen-bond acceptors (Lipinski definition) is 2. The highest BCUT2D eigenvalue weighted by atomic mass is 16.6. The Bertz CT molecular complexity index is 382. The molecule has 0 bridgehead atoms. The van der Waals surface area contributed by atoms with Gasteiger partial charge in [0.05, 0.1) is 13.2 Å². The highest BCUT2D eigenvalue weighted by Gasteiger charge is 2.13. The van der Waals surface area contributed by atoms with Crippen LogP contribution in [0.4, 0.5) is 0 Å². The maximum absolute atomic E-state index is 9.91. The third-order valence-electron chi connectivity index (χ3n) is 3.69. The molecule has 2 heteroatoms. The van der Waals surface area contributed by atoms with E-state index in [0.29, 0.717) is 11.7 Å². The molecule has 1 saturated heterocycles. The lowest BCUT2D eigenvalue weighted by Crippen LogP contribution is -1.98. The number of aromatic hydroxyl groups is 1. The highest BCUT2D eigenvalue weighted by molar-refractivity contribution is 5.35. The molecule has 1 aliphatic heterocycles. The Kier molecular flexibility index (Phi) is 9.64. The smallest absolute Gasteiger partial charge is 0.119 e. The number of benzene rings is 1. The molecule has 0 spiro atoms. The Hall–Kier alpha value is -1.28. The van der Waals surface area contributed by atoms with Crippen LogP contribution in [0.25, 0.3) is 0 Å². The molecule has 0 aliphatic carbocycles. The molecule has 2 nitrogen and oxygen atoms in total. The van der Waals surface area contributed by atoms with Gasteiger partial charge in [0.2, 0.25) is 0 Å². The van der Waals surface area contributed by atoms with Gasteiger partial charge in [-0.25, -0.2) is 0 Å². The van der Waals surface area contributed by atoms with E-state index in [4.69, 9.17) is 0 Å². The van der Waals surface area contributed by atoms with Gasteiger partial charge in [-0.1, -0.05) is 63.3 Å². The molecule has 1 aromatic carbocycles. The summed E-state index contributed by atoms with van der Waals surface area (Å²) in [5, 5.41) is 9.91. The molecule has 1 aromatic rings. The molecule has 1 atom stereocenters. The number of rotatable bonds is 9. The molecule has 0 amide bonds. The molecule has 1 fully saturated rings. The zero-order chi connectivity index (χ0) is 15.3. The molecule has 1 heterocycles. The predicted molar refractivity (Wildman–Crippen MR) is 89.9 cm³/mol. The summed E-state index contributed by atoms with van der Waals surface area (Å²) in [5.74, 6) is 0.850. The number of phenolic OH excluding ortho intramolecular Hbond substituents is 1. The topological polar surface area (TPSA) is 32.8 Å². The molecular formula is C19H30O2. The first-order valence-corrected chi connectivity index (χ1v) is 8.26. The van der Waals surface area contributed by atoms with Crippen molar-refractivity contribution >= 4 is 0 Å². The molecule has 0 aromatic heterocycles. The molecule has 0 saturated carbocycles. The van der Waals surface area contributed by atoms with Crippen molar-refractivity contribution in [3.63, 3.8) is 0 Å². The van der Waals surface area contributed by atoms with Gasteiger partial charge in [-0.2, -0.15) is 0 Å². The van der Waals surface area contributed by atoms with Gasteiger partial charge in [0.25, 0.3) is 0 Å². The van der Waals surface area contributed by atoms with Crippen molar-refractivity contribution in [3.05, 3.63) is 42.5 Å². The standard InChI is InChI=1S/C17H26O.C2H4O/c1-3-5-6-7-8-12-15(11-4-2)16-13-9-10-14-17(16)18;1-2-3-1/h4,9-10,13-15,18H,2-3,5-8,11-12H2,1H3;1-2H2. The minimum Gasteiger partial charge on any atom is -0.508 e. The van der Waals surface area contributed by atoms with E-state index >= 15 is 0 Å². The number of allylic oxidation sites excluding steroid dienone is 1. The van der Waals surface area contributed by atoms with Gasteiger partial charge in [-0.3, -0.25) is 0 Å². The van der Waals surface area contributed by atoms with Crippen LogP contribution in [0.3, 0.4) is 0 Å². The van der Waals surface area contributed by atoms with Crippen molar-refractivity contribution in [2.45, 2.75) is 57.8 Å². The van der Waals surface area contributed by atoms with E-state index in [-0.39, 0.29) is 0 Å². The second-order valence-corrected chi connectivity index (χ2v) is 5.60. The molecule has 1 unspecified atom stereocenters. The summed E-state index contributed by atoms with van der Waals surface area (Å²) in [4.78, 5) is 0. The van der Waals surface area contributed by atoms with E-state index in [0.717, 1.165) is 31.6 Å². The maximum Gasteiger partial charge on any atom is 0.119 e. The summed E-state index contributed by atoms with van der Waals surface area (Å²) in [6.07, 6.45) is 10.6. The zero-order valence-corrected chi connectivity index (χ0v) is 13.4. The summed E-state index contributed by atoms with van der Waals surface area (Å²) in [7, 11) is 0. The molecule has 1 N–H and O–H groups in total. The Morgan fingerprint density at radius 2 is 1.86 bits per heavy atom. The lowest BCUT2D eigenvalue weighted by Gasteiger charge is -2.16. The SMILES string of the molecule is C1CO1.C=CCC(CCCCCCC)c1ccccc1O. The van der Waals surface area contributed by atoms with Gasteiger partial charge in [0, 0.05) is 0 Å². The van der Waals surface area contributed by atoms with Gasteiger partial charge in [0.15, 0.2) is 0 Å². The second kappa shape index (κ2) is 11.4. The fourth-order valence-corrected chi connectivity index (χ4v) is 2.43. The quantitative estimate of drug-likeness (QED) is 0.374. The van der Waals surface area contributed by atoms with E-state index in [2.05, 4.69) is 18.2 Å². The van der Waals surface area contributed by atoms with Crippen LogP contribution in [0.5, 0.6) is 5.75 Å². The average Bonchev–Trinajstić information content (AvgIpc) is 3.35. The van der Waals surface area contributed by atoms with Crippen LogP contribution < -0.4 is 0 Å². The number of phenols is 1. The van der Waals surface area contributed by atoms with Crippen LogP contribution in [0.15, 0.2) is 36.9 Å². The molecule has 0 radical (unpaired) electrons. The summed E-state index contributed by atoms with van der Waals surface area (Å²) in [6, 6.07) is 7.70. The largest absolute Gasteiger partial charge is 0.508 e. The first-order valence-electron chi connectivity index (χ1n) is 8.26. The van der Waals surface area contributed by atoms with Crippen LogP contribution in [0, 0.1) is 0 Å². The van der Waals surface area contributed by atoms with Gasteiger partial charge in [0.1, 0.15) is 5.75 Å². The number of epoxide rings is 1. The molecule has 21 heavy (non-hydrogen) atoms. The summed E-state index contributed by atoms with van der Waals surface area (Å²) < 4.78 is 4.50. The van der Waals surface area contributed by atoms with Gasteiger partial charge < -0.3 is 9.84 Å². The van der Waals surface area contributed by atoms with Crippen LogP contribution in [0.2, 0.25) is 0 Å². The van der Waals surface area contributed by atoms with E-state index in [9.17, 15) is 5.11 Å². The van der Waals surface area contributed by atoms with Crippen molar-refractivity contribution in [1.82, 2.24) is 0 Å². The van der Waals surface area contributed by atoms with E-state index in [1.54, 1.807) is 6.07 Å². The Balaban J connectivity index is 0.000000647. The predicted octanol–water partition coefficient (Wildman–Crippen LogP) is 5.43. The number of ether oxygens (including phenoxy) is 1. The number of para-hydroxylation sites is 1. The fourth-order valence-electron chi connectivity index (χ4n) is 2.43. The van der Waals surface area contributed by atoms with Crippen molar-refractivity contribution in [2.24, 2.45) is 0 Å². The van der Waals surface area contributed by atoms with Gasteiger partial charge in [-0.15, -0.1) is 6.58 Å². The lowest BCUT2D eigenvalue weighted by atomic mass is 9.89. The van der Waals surface area contributed by atoms with Gasteiger partial charge >= 0.3 is 0 Å². The first kappa shape index (κ1) is 17.8. The highest BCUT2D eigenvalue weighted by Crippen LogP contribution is 2.32. The Morgan fingerprint density at radius 3 is 2.43 bits per heavy atom. The van der Waals surface area contributed by atoms with E-state index in [1.807, 2.05) is 24.3 Å². The average molecular weight is 290 g/mol. The summed E-state index contributed by atoms with van der Waals surface area (Å²) in [5.41, 5.74) is 1.08. The fraction of sp³-hybridized carbons (Fsp3) is 0.579. The monoisotopic (exact) mass is 290 g/mol. The summed E-state index contributed by atoms with van der Waals surface area (Å²) >= 11 is 0. The Morgan fingerprint density at radius 1 is 1.19 bits per heavy atom. The first-order chi connectivity index (χ1) is 10.3. The van der Waals surface area contributed by atoms with E-state index < -0.39 is 0 Å². The Labute approximate surface area is 129 Å². The second-order valence-electron chi connectivity index (χ2n) is 5.60.